The highest BCUT2D eigenvalue weighted by molar-refractivity contribution is 6.07. The minimum absolute atomic E-state index is 0.105. The molecule has 34 heavy (non-hydrogen) atoms. The molecule has 0 spiro atoms. The van der Waals surface area contributed by atoms with Crippen molar-refractivity contribution in [2.45, 2.75) is 53.1 Å². The van der Waals surface area contributed by atoms with Crippen LogP contribution in [0.15, 0.2) is 42.5 Å². The molecule has 0 saturated heterocycles. The Labute approximate surface area is 199 Å². The molecule has 0 aliphatic rings. The van der Waals surface area contributed by atoms with E-state index < -0.39 is 23.3 Å². The number of ether oxygens (including phenoxy) is 2. The molecule has 0 aliphatic heterocycles. The zero-order valence-corrected chi connectivity index (χ0v) is 20.2. The van der Waals surface area contributed by atoms with Crippen LogP contribution < -0.4 is 15.4 Å². The van der Waals surface area contributed by atoms with Crippen molar-refractivity contribution in [3.8, 4) is 5.75 Å². The molecule has 2 rings (SSSR count). The van der Waals surface area contributed by atoms with E-state index in [4.69, 9.17) is 9.47 Å². The number of anilines is 2. The predicted molar refractivity (Wildman–Crippen MR) is 130 cm³/mol. The molecule has 8 heteroatoms. The Morgan fingerprint density at radius 2 is 1.74 bits per heavy atom. The van der Waals surface area contributed by atoms with Crippen molar-refractivity contribution in [3.63, 3.8) is 0 Å². The first-order valence-electron chi connectivity index (χ1n) is 11.1. The van der Waals surface area contributed by atoms with Gasteiger partial charge in [-0.25, -0.2) is 9.18 Å². The molecule has 2 aromatic rings. The molecule has 0 aromatic heterocycles. The van der Waals surface area contributed by atoms with Crippen molar-refractivity contribution in [2.24, 2.45) is 0 Å². The minimum atomic E-state index is -0.750. The largest absolute Gasteiger partial charge is 0.493 e. The average Bonchev–Trinajstić information content (AvgIpc) is 2.73. The lowest BCUT2D eigenvalue weighted by Crippen LogP contribution is -2.24. The standard InChI is InChI=1S/C26H31FN2O5/c1-6-7-14-33-23-16-22(28-17(2)30)21(15-19(23)25(32)34-26(3,4)5)29-24(31)13-12-18-10-8-9-11-20(18)27/h8-13,15-16H,6-7,14H2,1-5H3,(H,28,30)(H,29,31). The summed E-state index contributed by atoms with van der Waals surface area (Å²) in [6.07, 6.45) is 4.15. The maximum absolute atomic E-state index is 13.8. The van der Waals surface area contributed by atoms with Crippen LogP contribution >= 0.6 is 0 Å². The molecule has 2 aromatic carbocycles. The van der Waals surface area contributed by atoms with E-state index in [1.807, 2.05) is 6.92 Å². The van der Waals surface area contributed by atoms with E-state index in [9.17, 15) is 18.8 Å². The Bertz CT molecular complexity index is 1070. The summed E-state index contributed by atoms with van der Waals surface area (Å²) < 4.78 is 25.1. The fourth-order valence-corrected chi connectivity index (χ4v) is 2.86. The first-order valence-corrected chi connectivity index (χ1v) is 11.1. The zero-order chi connectivity index (χ0) is 25.3. The highest BCUT2D eigenvalue weighted by Gasteiger charge is 2.24. The molecule has 0 radical (unpaired) electrons. The molecule has 0 fully saturated rings. The number of hydrogen-bond donors (Lipinski definition) is 2. The average molecular weight is 471 g/mol. The molecule has 0 heterocycles. The summed E-state index contributed by atoms with van der Waals surface area (Å²) in [5.41, 5.74) is 0.0170. The number of hydrogen-bond acceptors (Lipinski definition) is 5. The Balaban J connectivity index is 2.43. The number of esters is 1. The first-order chi connectivity index (χ1) is 16.0. The zero-order valence-electron chi connectivity index (χ0n) is 20.2. The van der Waals surface area contributed by atoms with E-state index in [1.165, 1.54) is 37.3 Å². The Kier molecular flexibility index (Phi) is 9.36. The van der Waals surface area contributed by atoms with Crippen molar-refractivity contribution in [2.75, 3.05) is 17.2 Å². The summed E-state index contributed by atoms with van der Waals surface area (Å²) in [5, 5.41) is 5.27. The van der Waals surface area contributed by atoms with Crippen LogP contribution in [0.5, 0.6) is 5.75 Å². The number of rotatable bonds is 9. The summed E-state index contributed by atoms with van der Waals surface area (Å²) in [6, 6.07) is 8.90. The molecule has 0 saturated carbocycles. The van der Waals surface area contributed by atoms with Crippen LogP contribution in [0.1, 0.15) is 63.4 Å². The first kappa shape index (κ1) is 26.6. The second-order valence-electron chi connectivity index (χ2n) is 8.62. The molecule has 0 atom stereocenters. The van der Waals surface area contributed by atoms with Gasteiger partial charge in [-0.1, -0.05) is 31.5 Å². The van der Waals surface area contributed by atoms with Gasteiger partial charge in [-0.2, -0.15) is 0 Å². The topological polar surface area (TPSA) is 93.7 Å². The van der Waals surface area contributed by atoms with Crippen molar-refractivity contribution < 1.29 is 28.2 Å². The van der Waals surface area contributed by atoms with Crippen LogP contribution in [0.3, 0.4) is 0 Å². The van der Waals surface area contributed by atoms with Crippen LogP contribution in [-0.2, 0) is 14.3 Å². The number of amides is 2. The molecule has 0 bridgehead atoms. The minimum Gasteiger partial charge on any atom is -0.493 e. The van der Waals surface area contributed by atoms with Gasteiger partial charge >= 0.3 is 5.97 Å². The molecule has 0 unspecified atom stereocenters. The molecule has 0 aliphatic carbocycles. The number of unbranched alkanes of at least 4 members (excludes halogenated alkanes) is 1. The van der Waals surface area contributed by atoms with Crippen LogP contribution in [0, 0.1) is 5.82 Å². The molecule has 7 nitrogen and oxygen atoms in total. The van der Waals surface area contributed by atoms with Gasteiger partial charge in [-0.15, -0.1) is 0 Å². The van der Waals surface area contributed by atoms with Crippen LogP contribution in [-0.4, -0.2) is 30.0 Å². The fraction of sp³-hybridized carbons (Fsp3) is 0.346. The number of nitrogens with one attached hydrogen (secondary N) is 2. The molecular weight excluding hydrogens is 439 g/mol. The van der Waals surface area contributed by atoms with Gasteiger partial charge in [0.1, 0.15) is 22.7 Å². The van der Waals surface area contributed by atoms with Crippen LogP contribution in [0.2, 0.25) is 0 Å². The van der Waals surface area contributed by atoms with Gasteiger partial charge in [0.05, 0.1) is 18.0 Å². The lowest BCUT2D eigenvalue weighted by molar-refractivity contribution is -0.114. The van der Waals surface area contributed by atoms with E-state index in [-0.39, 0.29) is 34.2 Å². The van der Waals surface area contributed by atoms with Gasteiger partial charge in [0.25, 0.3) is 0 Å². The van der Waals surface area contributed by atoms with Gasteiger partial charge in [0, 0.05) is 24.6 Å². The Hall–Kier alpha value is -3.68. The second kappa shape index (κ2) is 12.0. The van der Waals surface area contributed by atoms with E-state index in [1.54, 1.807) is 32.9 Å². The highest BCUT2D eigenvalue weighted by Crippen LogP contribution is 2.33. The summed E-state index contributed by atoms with van der Waals surface area (Å²) >= 11 is 0. The summed E-state index contributed by atoms with van der Waals surface area (Å²) in [7, 11) is 0. The lowest BCUT2D eigenvalue weighted by atomic mass is 10.1. The number of halogens is 1. The molecule has 2 amide bonds. The van der Waals surface area contributed by atoms with Gasteiger partial charge in [0.15, 0.2) is 0 Å². The van der Waals surface area contributed by atoms with Crippen molar-refractivity contribution in [3.05, 3.63) is 59.4 Å². The quantitative estimate of drug-likeness (QED) is 0.284. The van der Waals surface area contributed by atoms with E-state index >= 15 is 0 Å². The maximum atomic E-state index is 13.8. The highest BCUT2D eigenvalue weighted by atomic mass is 19.1. The van der Waals surface area contributed by atoms with Gasteiger partial charge in [0.2, 0.25) is 11.8 Å². The van der Waals surface area contributed by atoms with E-state index in [2.05, 4.69) is 10.6 Å². The van der Waals surface area contributed by atoms with Crippen LogP contribution in [0.25, 0.3) is 6.08 Å². The Morgan fingerprint density at radius 3 is 2.35 bits per heavy atom. The molecule has 2 N–H and O–H groups in total. The normalized spacial score (nSPS) is 11.2. The smallest absolute Gasteiger partial charge is 0.342 e. The number of carbonyl (C=O) groups excluding carboxylic acids is 3. The summed E-state index contributed by atoms with van der Waals surface area (Å²) in [6.45, 7) is 8.92. The lowest BCUT2D eigenvalue weighted by Gasteiger charge is -2.22. The Morgan fingerprint density at radius 1 is 1.06 bits per heavy atom. The van der Waals surface area contributed by atoms with E-state index in [0.29, 0.717) is 6.61 Å². The van der Waals surface area contributed by atoms with Crippen molar-refractivity contribution in [1.29, 1.82) is 0 Å². The monoisotopic (exact) mass is 470 g/mol. The third-order valence-corrected chi connectivity index (χ3v) is 4.38. The van der Waals surface area contributed by atoms with Crippen LogP contribution in [0.4, 0.5) is 15.8 Å². The fourth-order valence-electron chi connectivity index (χ4n) is 2.86. The molecule has 182 valence electrons. The van der Waals surface area contributed by atoms with E-state index in [0.717, 1.165) is 18.9 Å². The SMILES string of the molecule is CCCCOc1cc(NC(C)=O)c(NC(=O)C=Cc2ccccc2F)cc1C(=O)OC(C)(C)C. The number of benzene rings is 2. The second-order valence-corrected chi connectivity index (χ2v) is 8.62. The van der Waals surface area contributed by atoms with Crippen molar-refractivity contribution in [1.82, 2.24) is 0 Å². The third-order valence-electron chi connectivity index (χ3n) is 4.38. The van der Waals surface area contributed by atoms with Gasteiger partial charge < -0.3 is 20.1 Å². The van der Waals surface area contributed by atoms with Crippen molar-refractivity contribution >= 4 is 35.2 Å². The molecular formula is C26H31FN2O5. The third kappa shape index (κ3) is 8.35. The maximum Gasteiger partial charge on any atom is 0.342 e. The number of carbonyl (C=O) groups is 3. The predicted octanol–water partition coefficient (Wildman–Crippen LogP) is 5.57. The van der Waals surface area contributed by atoms with Gasteiger partial charge in [-0.3, -0.25) is 9.59 Å². The summed E-state index contributed by atoms with van der Waals surface area (Å²) in [4.78, 5) is 37.2. The van der Waals surface area contributed by atoms with Gasteiger partial charge in [-0.05, 0) is 45.4 Å². The summed E-state index contributed by atoms with van der Waals surface area (Å²) in [5.74, 6) is -1.82.